The second kappa shape index (κ2) is 5.02. The van der Waals surface area contributed by atoms with Gasteiger partial charge in [-0.3, -0.25) is 0 Å². The number of nitrogens with zero attached hydrogens (tertiary/aromatic N) is 1. The molecule has 0 spiro atoms. The fourth-order valence-electron chi connectivity index (χ4n) is 1.82. The summed E-state index contributed by atoms with van der Waals surface area (Å²) in [7, 11) is 0. The lowest BCUT2D eigenvalue weighted by atomic mass is 10.1. The molecule has 2 heterocycles. The van der Waals surface area contributed by atoms with Gasteiger partial charge in [0.1, 0.15) is 5.01 Å². The fourth-order valence-corrected chi connectivity index (χ4v) is 3.50. The molecular formula is C14H12N2S2. The summed E-state index contributed by atoms with van der Waals surface area (Å²) < 4.78 is 0. The predicted molar refractivity (Wildman–Crippen MR) is 78.8 cm³/mol. The molecule has 18 heavy (non-hydrogen) atoms. The quantitative estimate of drug-likeness (QED) is 0.782. The van der Waals surface area contributed by atoms with Crippen LogP contribution in [0.5, 0.6) is 0 Å². The van der Waals surface area contributed by atoms with E-state index in [1.807, 2.05) is 18.2 Å². The number of aromatic nitrogens is 1. The highest BCUT2D eigenvalue weighted by Crippen LogP contribution is 2.34. The van der Waals surface area contributed by atoms with Crippen molar-refractivity contribution in [3.63, 3.8) is 0 Å². The van der Waals surface area contributed by atoms with Crippen LogP contribution in [-0.2, 0) is 6.54 Å². The topological polar surface area (TPSA) is 38.9 Å². The Morgan fingerprint density at radius 2 is 1.89 bits per heavy atom. The summed E-state index contributed by atoms with van der Waals surface area (Å²) >= 11 is 3.37. The molecule has 0 aliphatic rings. The number of rotatable bonds is 3. The van der Waals surface area contributed by atoms with Crippen molar-refractivity contribution in [3.8, 4) is 21.8 Å². The van der Waals surface area contributed by atoms with Gasteiger partial charge in [-0.05, 0) is 11.4 Å². The number of thiophene rings is 1. The molecule has 90 valence electrons. The van der Waals surface area contributed by atoms with E-state index in [0.29, 0.717) is 6.54 Å². The molecule has 1 aromatic carbocycles. The summed E-state index contributed by atoms with van der Waals surface area (Å²) in [5, 5.41) is 5.24. The van der Waals surface area contributed by atoms with Gasteiger partial charge in [0.2, 0.25) is 0 Å². The molecule has 0 radical (unpaired) electrons. The number of nitrogens with two attached hydrogens (primary N) is 1. The Balaban J connectivity index is 2.10. The van der Waals surface area contributed by atoms with E-state index in [2.05, 4.69) is 29.0 Å². The van der Waals surface area contributed by atoms with Crippen LogP contribution in [0.2, 0.25) is 0 Å². The Bertz CT molecular complexity index is 627. The van der Waals surface area contributed by atoms with Crippen LogP contribution in [0.4, 0.5) is 0 Å². The van der Waals surface area contributed by atoms with E-state index in [1.165, 1.54) is 5.56 Å². The van der Waals surface area contributed by atoms with E-state index in [-0.39, 0.29) is 0 Å². The van der Waals surface area contributed by atoms with Crippen molar-refractivity contribution in [2.24, 2.45) is 5.73 Å². The Labute approximate surface area is 114 Å². The van der Waals surface area contributed by atoms with Gasteiger partial charge in [0.25, 0.3) is 0 Å². The zero-order chi connectivity index (χ0) is 12.4. The Morgan fingerprint density at radius 1 is 1.06 bits per heavy atom. The third kappa shape index (κ3) is 2.10. The molecular weight excluding hydrogens is 260 g/mol. The Kier molecular flexibility index (Phi) is 3.23. The van der Waals surface area contributed by atoms with Gasteiger partial charge in [0.15, 0.2) is 0 Å². The summed E-state index contributed by atoms with van der Waals surface area (Å²) in [5.41, 5.74) is 9.16. The van der Waals surface area contributed by atoms with Crippen LogP contribution in [0.15, 0.2) is 47.2 Å². The minimum atomic E-state index is 0.534. The second-order valence-corrected chi connectivity index (χ2v) is 5.74. The first kappa shape index (κ1) is 11.6. The first-order valence-corrected chi connectivity index (χ1v) is 7.42. The first-order valence-electron chi connectivity index (χ1n) is 5.66. The van der Waals surface area contributed by atoms with Crippen molar-refractivity contribution in [3.05, 3.63) is 52.0 Å². The van der Waals surface area contributed by atoms with Crippen molar-refractivity contribution in [1.29, 1.82) is 0 Å². The van der Waals surface area contributed by atoms with Crippen LogP contribution in [0.1, 0.15) is 4.88 Å². The van der Waals surface area contributed by atoms with E-state index in [4.69, 9.17) is 10.7 Å². The van der Waals surface area contributed by atoms with Gasteiger partial charge < -0.3 is 5.73 Å². The number of hydrogen-bond acceptors (Lipinski definition) is 4. The standard InChI is InChI=1S/C14H12N2S2/c15-8-12-13(10-4-2-1-3-5-10)16-14(18-12)11-6-7-17-9-11/h1-7,9H,8,15H2. The van der Waals surface area contributed by atoms with Gasteiger partial charge in [-0.15, -0.1) is 11.3 Å². The van der Waals surface area contributed by atoms with Crippen molar-refractivity contribution >= 4 is 22.7 Å². The molecule has 0 fully saturated rings. The molecule has 4 heteroatoms. The smallest absolute Gasteiger partial charge is 0.125 e. The largest absolute Gasteiger partial charge is 0.326 e. The molecule has 0 bridgehead atoms. The van der Waals surface area contributed by atoms with Gasteiger partial charge in [-0.25, -0.2) is 4.98 Å². The highest BCUT2D eigenvalue weighted by Gasteiger charge is 2.13. The van der Waals surface area contributed by atoms with E-state index in [1.54, 1.807) is 22.7 Å². The van der Waals surface area contributed by atoms with Crippen molar-refractivity contribution in [2.45, 2.75) is 6.54 Å². The monoisotopic (exact) mass is 272 g/mol. The molecule has 0 amide bonds. The van der Waals surface area contributed by atoms with E-state index in [0.717, 1.165) is 21.1 Å². The van der Waals surface area contributed by atoms with Gasteiger partial charge >= 0.3 is 0 Å². The predicted octanol–water partition coefficient (Wildman–Crippen LogP) is 4.00. The van der Waals surface area contributed by atoms with E-state index in [9.17, 15) is 0 Å². The summed E-state index contributed by atoms with van der Waals surface area (Å²) in [6, 6.07) is 12.3. The van der Waals surface area contributed by atoms with Crippen LogP contribution < -0.4 is 5.73 Å². The minimum absolute atomic E-state index is 0.534. The highest BCUT2D eigenvalue weighted by atomic mass is 32.1. The number of benzene rings is 1. The van der Waals surface area contributed by atoms with E-state index < -0.39 is 0 Å². The van der Waals surface area contributed by atoms with Crippen molar-refractivity contribution in [1.82, 2.24) is 4.98 Å². The lowest BCUT2D eigenvalue weighted by molar-refractivity contribution is 1.10. The van der Waals surface area contributed by atoms with Gasteiger partial charge in [-0.2, -0.15) is 11.3 Å². The van der Waals surface area contributed by atoms with Crippen molar-refractivity contribution < 1.29 is 0 Å². The molecule has 0 saturated heterocycles. The van der Waals surface area contributed by atoms with Crippen LogP contribution in [0, 0.1) is 0 Å². The Morgan fingerprint density at radius 3 is 2.56 bits per heavy atom. The SMILES string of the molecule is NCc1sc(-c2ccsc2)nc1-c1ccccc1. The maximum Gasteiger partial charge on any atom is 0.125 e. The van der Waals surface area contributed by atoms with Crippen LogP contribution in [-0.4, -0.2) is 4.98 Å². The van der Waals surface area contributed by atoms with Crippen molar-refractivity contribution in [2.75, 3.05) is 0 Å². The molecule has 2 aromatic heterocycles. The maximum absolute atomic E-state index is 5.83. The molecule has 0 saturated carbocycles. The third-order valence-electron chi connectivity index (χ3n) is 2.70. The molecule has 0 aliphatic carbocycles. The average molecular weight is 272 g/mol. The van der Waals surface area contributed by atoms with Gasteiger partial charge in [-0.1, -0.05) is 30.3 Å². The van der Waals surface area contributed by atoms with Gasteiger partial charge in [0.05, 0.1) is 5.69 Å². The lowest BCUT2D eigenvalue weighted by Gasteiger charge is -1.98. The zero-order valence-electron chi connectivity index (χ0n) is 9.67. The highest BCUT2D eigenvalue weighted by molar-refractivity contribution is 7.16. The molecule has 0 atom stereocenters. The summed E-state index contributed by atoms with van der Waals surface area (Å²) in [4.78, 5) is 5.88. The average Bonchev–Trinajstić information content (AvgIpc) is 3.08. The van der Waals surface area contributed by atoms with E-state index >= 15 is 0 Å². The first-order chi connectivity index (χ1) is 8.88. The number of hydrogen-bond donors (Lipinski definition) is 1. The summed E-state index contributed by atoms with van der Waals surface area (Å²) in [6.45, 7) is 0.534. The van der Waals surface area contributed by atoms with Gasteiger partial charge in [0, 0.05) is 27.9 Å². The zero-order valence-corrected chi connectivity index (χ0v) is 11.3. The summed E-state index contributed by atoms with van der Waals surface area (Å²) in [6.07, 6.45) is 0. The minimum Gasteiger partial charge on any atom is -0.326 e. The molecule has 3 rings (SSSR count). The lowest BCUT2D eigenvalue weighted by Crippen LogP contribution is -1.95. The van der Waals surface area contributed by atoms with Crippen LogP contribution in [0.3, 0.4) is 0 Å². The Hall–Kier alpha value is -1.49. The maximum atomic E-state index is 5.83. The normalized spacial score (nSPS) is 10.7. The van der Waals surface area contributed by atoms with Crippen LogP contribution in [0.25, 0.3) is 21.8 Å². The fraction of sp³-hybridized carbons (Fsp3) is 0.0714. The molecule has 0 aliphatic heterocycles. The number of thiazole rings is 1. The molecule has 2 nitrogen and oxygen atoms in total. The molecule has 3 aromatic rings. The molecule has 2 N–H and O–H groups in total. The third-order valence-corrected chi connectivity index (χ3v) is 4.51. The van der Waals surface area contributed by atoms with Crippen LogP contribution >= 0.6 is 22.7 Å². The second-order valence-electron chi connectivity index (χ2n) is 3.87. The summed E-state index contributed by atoms with van der Waals surface area (Å²) in [5.74, 6) is 0. The molecule has 0 unspecified atom stereocenters.